The summed E-state index contributed by atoms with van der Waals surface area (Å²) in [6, 6.07) is 12.6. The zero-order valence-corrected chi connectivity index (χ0v) is 25.2. The van der Waals surface area contributed by atoms with Gasteiger partial charge in [-0.25, -0.2) is 18.3 Å². The molecule has 2 saturated heterocycles. The summed E-state index contributed by atoms with van der Waals surface area (Å²) in [6.07, 6.45) is 1.54. The van der Waals surface area contributed by atoms with Crippen LogP contribution >= 0.6 is 15.9 Å². The Bertz CT molecular complexity index is 1410. The summed E-state index contributed by atoms with van der Waals surface area (Å²) < 4.78 is 35.4. The van der Waals surface area contributed by atoms with Gasteiger partial charge in [0.05, 0.1) is 28.5 Å². The lowest BCUT2D eigenvalue weighted by atomic mass is 9.93. The van der Waals surface area contributed by atoms with E-state index in [1.807, 2.05) is 35.2 Å². The molecule has 2 aromatic carbocycles. The normalized spacial score (nSPS) is 19.7. The molecule has 0 spiro atoms. The third kappa shape index (κ3) is 6.66. The Labute approximate surface area is 252 Å². The predicted molar refractivity (Wildman–Crippen MR) is 159 cm³/mol. The molecule has 2 fully saturated rings. The number of carbonyl (C=O) groups excluding carboxylic acids is 2. The van der Waals surface area contributed by atoms with Gasteiger partial charge in [-0.3, -0.25) is 15.0 Å². The molecule has 0 bridgehead atoms. The first-order chi connectivity index (χ1) is 20.2. The first-order valence-corrected chi connectivity index (χ1v) is 14.9. The van der Waals surface area contributed by atoms with E-state index in [1.54, 1.807) is 24.8 Å². The van der Waals surface area contributed by atoms with Crippen molar-refractivity contribution in [3.63, 3.8) is 0 Å². The van der Waals surface area contributed by atoms with Gasteiger partial charge in [0.2, 0.25) is 5.91 Å². The van der Waals surface area contributed by atoms with Crippen LogP contribution in [0.15, 0.2) is 53.0 Å². The average molecular weight is 646 g/mol. The third-order valence-corrected chi connectivity index (χ3v) is 8.89. The zero-order chi connectivity index (χ0) is 29.8. The number of nitrogens with one attached hydrogen (secondary N) is 2. The standard InChI is InChI=1S/C30H35BrF2N6O3/c1-19(40)38-12-10-20(11-13-38)28-27(31)29(39(36-28)22-6-4-3-5-7-22)35-30(41)34-26-18-37(14-15-42-2)17-23(26)21-8-9-24(32)25(33)16-21/h3-9,16,20,23,26H,10-15,17-18H2,1-2H3,(H2,34,35,41)/t23-,26+/m0/s1. The monoisotopic (exact) mass is 644 g/mol. The summed E-state index contributed by atoms with van der Waals surface area (Å²) in [5, 5.41) is 11.0. The molecule has 0 aliphatic carbocycles. The molecule has 42 heavy (non-hydrogen) atoms. The molecular formula is C30H35BrF2N6O3. The van der Waals surface area contributed by atoms with Gasteiger partial charge in [-0.05, 0) is 58.6 Å². The second-order valence-electron chi connectivity index (χ2n) is 10.8. The van der Waals surface area contributed by atoms with Gasteiger partial charge in [-0.15, -0.1) is 0 Å². The van der Waals surface area contributed by atoms with Crippen molar-refractivity contribution in [2.24, 2.45) is 0 Å². The van der Waals surface area contributed by atoms with Gasteiger partial charge >= 0.3 is 6.03 Å². The number of carbonyl (C=O) groups is 2. The summed E-state index contributed by atoms with van der Waals surface area (Å²) >= 11 is 3.72. The van der Waals surface area contributed by atoms with Crippen molar-refractivity contribution in [1.29, 1.82) is 0 Å². The molecule has 3 amide bonds. The maximum atomic E-state index is 14.1. The number of halogens is 3. The summed E-state index contributed by atoms with van der Waals surface area (Å²) in [4.78, 5) is 29.3. The van der Waals surface area contributed by atoms with Crippen LogP contribution in [0.4, 0.5) is 19.4 Å². The van der Waals surface area contributed by atoms with Crippen LogP contribution < -0.4 is 10.6 Å². The quantitative estimate of drug-likeness (QED) is 0.365. The molecule has 2 aliphatic heterocycles. The fourth-order valence-corrected chi connectivity index (χ4v) is 6.51. The Morgan fingerprint density at radius 3 is 2.48 bits per heavy atom. The second kappa shape index (κ2) is 13.3. The molecule has 224 valence electrons. The Balaban J connectivity index is 1.38. The molecule has 0 unspecified atom stereocenters. The van der Waals surface area contributed by atoms with Crippen molar-refractivity contribution in [3.05, 3.63) is 75.9 Å². The minimum Gasteiger partial charge on any atom is -0.383 e. The van der Waals surface area contributed by atoms with Crippen molar-refractivity contribution < 1.29 is 23.1 Å². The Morgan fingerprint density at radius 1 is 1.07 bits per heavy atom. The van der Waals surface area contributed by atoms with E-state index in [0.717, 1.165) is 30.3 Å². The van der Waals surface area contributed by atoms with Crippen LogP contribution in [0.2, 0.25) is 0 Å². The minimum absolute atomic E-state index is 0.0655. The molecule has 2 atom stereocenters. The van der Waals surface area contributed by atoms with Crippen LogP contribution in [0.5, 0.6) is 0 Å². The highest BCUT2D eigenvalue weighted by Crippen LogP contribution is 2.38. The van der Waals surface area contributed by atoms with Gasteiger partial charge in [0.25, 0.3) is 0 Å². The van der Waals surface area contributed by atoms with Gasteiger partial charge in [-0.1, -0.05) is 24.3 Å². The van der Waals surface area contributed by atoms with E-state index < -0.39 is 17.7 Å². The molecule has 3 heterocycles. The number of rotatable bonds is 8. The van der Waals surface area contributed by atoms with Gasteiger partial charge in [0, 0.05) is 58.6 Å². The lowest BCUT2D eigenvalue weighted by molar-refractivity contribution is -0.129. The highest BCUT2D eigenvalue weighted by atomic mass is 79.9. The number of likely N-dealkylation sites (tertiary alicyclic amines) is 2. The molecule has 1 aromatic heterocycles. The minimum atomic E-state index is -0.914. The number of benzene rings is 2. The van der Waals surface area contributed by atoms with Gasteiger partial charge in [-0.2, -0.15) is 5.10 Å². The van der Waals surface area contributed by atoms with E-state index >= 15 is 0 Å². The largest absolute Gasteiger partial charge is 0.383 e. The van der Waals surface area contributed by atoms with Crippen molar-refractivity contribution >= 4 is 33.7 Å². The van der Waals surface area contributed by atoms with Crippen LogP contribution in [-0.4, -0.2) is 84.0 Å². The number of ether oxygens (including phenoxy) is 1. The van der Waals surface area contributed by atoms with E-state index in [1.165, 1.54) is 6.07 Å². The number of hydrogen-bond donors (Lipinski definition) is 2. The van der Waals surface area contributed by atoms with E-state index in [4.69, 9.17) is 9.84 Å². The smallest absolute Gasteiger partial charge is 0.320 e. The Kier molecular flexibility index (Phi) is 9.54. The highest BCUT2D eigenvalue weighted by Gasteiger charge is 2.36. The highest BCUT2D eigenvalue weighted by molar-refractivity contribution is 9.10. The first-order valence-electron chi connectivity index (χ1n) is 14.1. The molecule has 2 aliphatic rings. The van der Waals surface area contributed by atoms with Crippen LogP contribution in [-0.2, 0) is 9.53 Å². The second-order valence-corrected chi connectivity index (χ2v) is 11.6. The van der Waals surface area contributed by atoms with Gasteiger partial charge < -0.3 is 15.0 Å². The number of methoxy groups -OCH3 is 1. The van der Waals surface area contributed by atoms with Gasteiger partial charge in [0.15, 0.2) is 17.5 Å². The molecular weight excluding hydrogens is 610 g/mol. The molecule has 0 radical (unpaired) electrons. The molecule has 0 saturated carbocycles. The van der Waals surface area contributed by atoms with E-state index in [-0.39, 0.29) is 23.8 Å². The van der Waals surface area contributed by atoms with Crippen molar-refractivity contribution in [1.82, 2.24) is 24.9 Å². The predicted octanol–water partition coefficient (Wildman–Crippen LogP) is 4.87. The fraction of sp³-hybridized carbons (Fsp3) is 0.433. The fourth-order valence-electron chi connectivity index (χ4n) is 5.84. The van der Waals surface area contributed by atoms with Gasteiger partial charge in [0.1, 0.15) is 0 Å². The van der Waals surface area contributed by atoms with Crippen LogP contribution in [0.25, 0.3) is 5.69 Å². The molecule has 9 nitrogen and oxygen atoms in total. The number of para-hydroxylation sites is 1. The van der Waals surface area contributed by atoms with Crippen molar-refractivity contribution in [3.8, 4) is 5.69 Å². The van der Waals surface area contributed by atoms with Crippen molar-refractivity contribution in [2.45, 2.75) is 37.6 Å². The summed E-state index contributed by atoms with van der Waals surface area (Å²) in [6.45, 7) is 5.14. The van der Waals surface area contributed by atoms with Crippen molar-refractivity contribution in [2.75, 3.05) is 51.8 Å². The van der Waals surface area contributed by atoms with Crippen LogP contribution in [0.3, 0.4) is 0 Å². The Morgan fingerprint density at radius 2 is 1.81 bits per heavy atom. The Hall–Kier alpha value is -3.35. The van der Waals surface area contributed by atoms with E-state index in [0.29, 0.717) is 55.2 Å². The number of urea groups is 1. The summed E-state index contributed by atoms with van der Waals surface area (Å²) in [7, 11) is 1.63. The lowest BCUT2D eigenvalue weighted by Crippen LogP contribution is -2.42. The van der Waals surface area contributed by atoms with Crippen LogP contribution in [0, 0.1) is 11.6 Å². The topological polar surface area (TPSA) is 91.7 Å². The number of piperidine rings is 1. The number of amides is 3. The first kappa shape index (κ1) is 30.1. The molecule has 2 N–H and O–H groups in total. The summed E-state index contributed by atoms with van der Waals surface area (Å²) in [5.41, 5.74) is 2.23. The SMILES string of the molecule is COCCN1C[C@@H](NC(=O)Nc2c(Br)c(C3CCN(C(C)=O)CC3)nn2-c2ccccc2)[C@H](c2ccc(F)c(F)c2)C1. The number of aromatic nitrogens is 2. The maximum Gasteiger partial charge on any atom is 0.320 e. The lowest BCUT2D eigenvalue weighted by Gasteiger charge is -2.30. The molecule has 3 aromatic rings. The van der Waals surface area contributed by atoms with E-state index in [9.17, 15) is 18.4 Å². The zero-order valence-electron chi connectivity index (χ0n) is 23.7. The van der Waals surface area contributed by atoms with E-state index in [2.05, 4.69) is 31.5 Å². The average Bonchev–Trinajstić information content (AvgIpc) is 3.54. The third-order valence-electron chi connectivity index (χ3n) is 8.11. The number of anilines is 1. The number of nitrogens with zero attached hydrogens (tertiary/aromatic N) is 4. The number of hydrogen-bond acceptors (Lipinski definition) is 5. The maximum absolute atomic E-state index is 14.1. The molecule has 12 heteroatoms. The molecule has 5 rings (SSSR count). The van der Waals surface area contributed by atoms with Crippen LogP contribution in [0.1, 0.15) is 42.9 Å². The summed E-state index contributed by atoms with van der Waals surface area (Å²) in [5.74, 6) is -1.39.